The van der Waals surface area contributed by atoms with Crippen LogP contribution in [0.3, 0.4) is 0 Å². The summed E-state index contributed by atoms with van der Waals surface area (Å²) in [5.74, 6) is 0. The van der Waals surface area contributed by atoms with E-state index in [4.69, 9.17) is 0 Å². The fourth-order valence-corrected chi connectivity index (χ4v) is 1.82. The molecule has 0 aromatic rings. The fraction of sp³-hybridized carbons (Fsp3) is 0.750. The average molecular weight is 123 g/mol. The van der Waals surface area contributed by atoms with Crippen molar-refractivity contribution < 1.29 is 0 Å². The van der Waals surface area contributed by atoms with Gasteiger partial charge in [-0.2, -0.15) is 0 Å². The SMILES string of the molecule is C1CCC2=C(C1)CCN2. The van der Waals surface area contributed by atoms with E-state index in [9.17, 15) is 0 Å². The van der Waals surface area contributed by atoms with Gasteiger partial charge in [0.2, 0.25) is 0 Å². The Labute approximate surface area is 56.1 Å². The van der Waals surface area contributed by atoms with Gasteiger partial charge in [0.15, 0.2) is 0 Å². The smallest absolute Gasteiger partial charge is 0.0181 e. The van der Waals surface area contributed by atoms with E-state index >= 15 is 0 Å². The standard InChI is InChI=1S/C8H13N/c1-2-4-8-7(3-1)5-6-9-8/h9H,1-6H2. The predicted octanol–water partition coefficient (Wildman–Crippen LogP) is 1.81. The third kappa shape index (κ3) is 0.846. The highest BCUT2D eigenvalue weighted by Gasteiger charge is 2.16. The summed E-state index contributed by atoms with van der Waals surface area (Å²) >= 11 is 0. The molecule has 1 nitrogen and oxygen atoms in total. The molecule has 9 heavy (non-hydrogen) atoms. The lowest BCUT2D eigenvalue weighted by Gasteiger charge is -2.12. The molecule has 0 unspecified atom stereocenters. The Balaban J connectivity index is 2.17. The summed E-state index contributed by atoms with van der Waals surface area (Å²) in [6.07, 6.45) is 6.87. The molecule has 2 rings (SSSR count). The summed E-state index contributed by atoms with van der Waals surface area (Å²) in [5, 5.41) is 3.44. The van der Waals surface area contributed by atoms with Crippen LogP contribution in [0.4, 0.5) is 0 Å². The average Bonchev–Trinajstić information content (AvgIpc) is 2.33. The van der Waals surface area contributed by atoms with Crippen molar-refractivity contribution in [3.05, 3.63) is 11.3 Å². The Morgan fingerprint density at radius 3 is 2.78 bits per heavy atom. The van der Waals surface area contributed by atoms with Gasteiger partial charge in [-0.1, -0.05) is 0 Å². The summed E-state index contributed by atoms with van der Waals surface area (Å²) in [4.78, 5) is 0. The Bertz CT molecular complexity index is 131. The second-order valence-corrected chi connectivity index (χ2v) is 2.97. The zero-order valence-corrected chi connectivity index (χ0v) is 5.74. The van der Waals surface area contributed by atoms with Crippen molar-refractivity contribution in [1.82, 2.24) is 5.32 Å². The maximum Gasteiger partial charge on any atom is 0.0181 e. The topological polar surface area (TPSA) is 12.0 Å². The molecule has 0 bridgehead atoms. The van der Waals surface area contributed by atoms with Crippen LogP contribution in [0, 0.1) is 0 Å². The van der Waals surface area contributed by atoms with E-state index < -0.39 is 0 Å². The van der Waals surface area contributed by atoms with E-state index in [0.717, 1.165) is 0 Å². The second-order valence-electron chi connectivity index (χ2n) is 2.97. The lowest BCUT2D eigenvalue weighted by molar-refractivity contribution is 0.661. The van der Waals surface area contributed by atoms with Crippen LogP contribution in [-0.2, 0) is 0 Å². The number of allylic oxidation sites excluding steroid dienone is 1. The minimum atomic E-state index is 1.21. The van der Waals surface area contributed by atoms with Crippen molar-refractivity contribution in [3.63, 3.8) is 0 Å². The molecule has 0 spiro atoms. The number of hydrogen-bond acceptors (Lipinski definition) is 1. The summed E-state index contributed by atoms with van der Waals surface area (Å²) in [6.45, 7) is 1.21. The van der Waals surface area contributed by atoms with Gasteiger partial charge in [-0.15, -0.1) is 0 Å². The molecule has 50 valence electrons. The highest BCUT2D eigenvalue weighted by molar-refractivity contribution is 5.20. The first-order valence-electron chi connectivity index (χ1n) is 3.91. The molecule has 1 aliphatic heterocycles. The summed E-state index contributed by atoms with van der Waals surface area (Å²) < 4.78 is 0. The third-order valence-electron chi connectivity index (χ3n) is 2.35. The minimum Gasteiger partial charge on any atom is -0.388 e. The molecule has 2 aliphatic rings. The molecule has 0 radical (unpaired) electrons. The lowest BCUT2D eigenvalue weighted by Crippen LogP contribution is -2.08. The molecule has 0 fully saturated rings. The number of rotatable bonds is 0. The zero-order chi connectivity index (χ0) is 6.10. The van der Waals surface area contributed by atoms with Crippen molar-refractivity contribution in [2.45, 2.75) is 32.1 Å². The van der Waals surface area contributed by atoms with Crippen LogP contribution in [0.2, 0.25) is 0 Å². The van der Waals surface area contributed by atoms with E-state index in [1.165, 1.54) is 38.6 Å². The van der Waals surface area contributed by atoms with E-state index in [0.29, 0.717) is 0 Å². The van der Waals surface area contributed by atoms with Gasteiger partial charge >= 0.3 is 0 Å². The molecule has 1 N–H and O–H groups in total. The Kier molecular flexibility index (Phi) is 1.22. The molecule has 1 heterocycles. The molecule has 0 amide bonds. The van der Waals surface area contributed by atoms with Gasteiger partial charge in [0.1, 0.15) is 0 Å². The molecule has 0 saturated carbocycles. The van der Waals surface area contributed by atoms with Crippen molar-refractivity contribution in [2.75, 3.05) is 6.54 Å². The molecular weight excluding hydrogens is 110 g/mol. The van der Waals surface area contributed by atoms with E-state index in [1.54, 1.807) is 11.3 Å². The van der Waals surface area contributed by atoms with Gasteiger partial charge in [-0.3, -0.25) is 0 Å². The van der Waals surface area contributed by atoms with Crippen molar-refractivity contribution >= 4 is 0 Å². The van der Waals surface area contributed by atoms with Gasteiger partial charge in [-0.05, 0) is 37.7 Å². The van der Waals surface area contributed by atoms with Crippen molar-refractivity contribution in [3.8, 4) is 0 Å². The molecule has 0 atom stereocenters. The molecule has 1 heteroatoms. The summed E-state index contributed by atoms with van der Waals surface area (Å²) in [5.41, 5.74) is 3.31. The van der Waals surface area contributed by atoms with Gasteiger partial charge in [0, 0.05) is 12.2 Å². The Hall–Kier alpha value is -0.460. The van der Waals surface area contributed by atoms with Crippen LogP contribution in [0.1, 0.15) is 32.1 Å². The predicted molar refractivity (Wildman–Crippen MR) is 38.1 cm³/mol. The molecule has 0 aromatic heterocycles. The quantitative estimate of drug-likeness (QED) is 0.518. The molecule has 0 aromatic carbocycles. The highest BCUT2D eigenvalue weighted by Crippen LogP contribution is 2.28. The lowest BCUT2D eigenvalue weighted by atomic mass is 9.97. The normalized spacial score (nSPS) is 25.8. The van der Waals surface area contributed by atoms with Crippen LogP contribution in [0.25, 0.3) is 0 Å². The first-order valence-corrected chi connectivity index (χ1v) is 3.91. The highest BCUT2D eigenvalue weighted by atomic mass is 14.9. The van der Waals surface area contributed by atoms with Gasteiger partial charge in [-0.25, -0.2) is 0 Å². The van der Waals surface area contributed by atoms with Gasteiger partial charge in [0.05, 0.1) is 0 Å². The van der Waals surface area contributed by atoms with Crippen LogP contribution in [0.15, 0.2) is 11.3 Å². The number of hydrogen-bond donors (Lipinski definition) is 1. The van der Waals surface area contributed by atoms with E-state index in [2.05, 4.69) is 5.32 Å². The first kappa shape index (κ1) is 5.33. The monoisotopic (exact) mass is 123 g/mol. The Morgan fingerprint density at radius 1 is 1.00 bits per heavy atom. The zero-order valence-electron chi connectivity index (χ0n) is 5.74. The van der Waals surface area contributed by atoms with Crippen LogP contribution in [-0.4, -0.2) is 6.54 Å². The molecule has 0 saturated heterocycles. The van der Waals surface area contributed by atoms with Gasteiger partial charge < -0.3 is 5.32 Å². The van der Waals surface area contributed by atoms with Crippen molar-refractivity contribution in [1.29, 1.82) is 0 Å². The molecular formula is C8H13N. The van der Waals surface area contributed by atoms with Crippen LogP contribution >= 0.6 is 0 Å². The third-order valence-corrected chi connectivity index (χ3v) is 2.35. The minimum absolute atomic E-state index is 1.21. The van der Waals surface area contributed by atoms with E-state index in [-0.39, 0.29) is 0 Å². The second kappa shape index (κ2) is 2.05. The fourth-order valence-electron chi connectivity index (χ4n) is 1.82. The van der Waals surface area contributed by atoms with Crippen LogP contribution < -0.4 is 5.32 Å². The first-order chi connectivity index (χ1) is 4.47. The largest absolute Gasteiger partial charge is 0.388 e. The number of nitrogens with one attached hydrogen (secondary N) is 1. The Morgan fingerprint density at radius 2 is 1.89 bits per heavy atom. The summed E-state index contributed by atoms with van der Waals surface area (Å²) in [6, 6.07) is 0. The van der Waals surface area contributed by atoms with Gasteiger partial charge in [0.25, 0.3) is 0 Å². The maximum atomic E-state index is 3.44. The van der Waals surface area contributed by atoms with Crippen molar-refractivity contribution in [2.24, 2.45) is 0 Å². The maximum absolute atomic E-state index is 3.44. The summed E-state index contributed by atoms with van der Waals surface area (Å²) in [7, 11) is 0. The molecule has 1 aliphatic carbocycles. The van der Waals surface area contributed by atoms with E-state index in [1.807, 2.05) is 0 Å². The van der Waals surface area contributed by atoms with Crippen LogP contribution in [0.5, 0.6) is 0 Å².